The van der Waals surface area contributed by atoms with Crippen LogP contribution in [0.25, 0.3) is 16.8 Å². The van der Waals surface area contributed by atoms with Crippen molar-refractivity contribution in [3.05, 3.63) is 77.4 Å². The molecule has 0 aliphatic carbocycles. The molecule has 0 saturated carbocycles. The van der Waals surface area contributed by atoms with Crippen LogP contribution in [0.5, 0.6) is 11.5 Å². The maximum Gasteiger partial charge on any atom is 0.261 e. The normalized spacial score (nSPS) is 11.0. The third-order valence-electron chi connectivity index (χ3n) is 4.64. The minimum atomic E-state index is -0.388. The topological polar surface area (TPSA) is 71.3 Å². The Balaban J connectivity index is 1.69. The number of fused-ring (bicyclic) bond motifs is 1. The van der Waals surface area contributed by atoms with Gasteiger partial charge in [0, 0.05) is 6.54 Å². The van der Waals surface area contributed by atoms with Crippen molar-refractivity contribution in [2.45, 2.75) is 6.42 Å². The van der Waals surface area contributed by atoms with Crippen LogP contribution in [0.1, 0.15) is 11.1 Å². The number of ether oxygens (including phenoxy) is 2. The molecule has 0 heterocycles. The number of hydrogen-bond donors (Lipinski definition) is 1. The molecule has 146 valence electrons. The molecule has 0 saturated heterocycles. The molecule has 0 bridgehead atoms. The number of methoxy groups -OCH3 is 2. The van der Waals surface area contributed by atoms with Crippen LogP contribution in [-0.2, 0) is 11.2 Å². The molecule has 0 spiro atoms. The summed E-state index contributed by atoms with van der Waals surface area (Å²) in [5, 5.41) is 14.3. The Morgan fingerprint density at radius 2 is 1.79 bits per heavy atom. The predicted octanol–water partition coefficient (Wildman–Crippen LogP) is 4.12. The van der Waals surface area contributed by atoms with E-state index in [1.807, 2.05) is 66.7 Å². The number of hydrogen-bond acceptors (Lipinski definition) is 4. The molecule has 1 N–H and O–H groups in total. The quantitative estimate of drug-likeness (QED) is 0.490. The molecular weight excluding hydrogens is 364 g/mol. The van der Waals surface area contributed by atoms with E-state index in [-0.39, 0.29) is 11.5 Å². The number of nitrogens with zero attached hydrogens (tertiary/aromatic N) is 1. The van der Waals surface area contributed by atoms with Gasteiger partial charge in [0.15, 0.2) is 11.5 Å². The zero-order valence-corrected chi connectivity index (χ0v) is 16.4. The van der Waals surface area contributed by atoms with Crippen LogP contribution < -0.4 is 14.8 Å². The first-order valence-corrected chi connectivity index (χ1v) is 9.25. The average molecular weight is 386 g/mol. The Hall–Kier alpha value is -3.78. The summed E-state index contributed by atoms with van der Waals surface area (Å²) in [5.74, 6) is 0.913. The SMILES string of the molecule is COc1ccc(CCNC(=O)/C(C#N)=C\c2cccc3ccccc23)cc1OC. The van der Waals surface area contributed by atoms with Gasteiger partial charge in [-0.25, -0.2) is 0 Å². The second kappa shape index (κ2) is 9.43. The van der Waals surface area contributed by atoms with Gasteiger partial charge in [0.05, 0.1) is 14.2 Å². The molecule has 0 fully saturated rings. The summed E-state index contributed by atoms with van der Waals surface area (Å²) in [6.07, 6.45) is 2.24. The van der Waals surface area contributed by atoms with Crippen LogP contribution in [0.3, 0.4) is 0 Å². The second-order valence-electron chi connectivity index (χ2n) is 6.43. The van der Waals surface area contributed by atoms with Crippen LogP contribution >= 0.6 is 0 Å². The van der Waals surface area contributed by atoms with Gasteiger partial charge >= 0.3 is 0 Å². The van der Waals surface area contributed by atoms with Crippen LogP contribution in [0.4, 0.5) is 0 Å². The highest BCUT2D eigenvalue weighted by Crippen LogP contribution is 2.27. The van der Waals surface area contributed by atoms with E-state index in [2.05, 4.69) is 5.32 Å². The van der Waals surface area contributed by atoms with E-state index in [0.717, 1.165) is 21.9 Å². The van der Waals surface area contributed by atoms with E-state index >= 15 is 0 Å². The molecule has 0 aromatic heterocycles. The molecule has 3 rings (SSSR count). The summed E-state index contributed by atoms with van der Waals surface area (Å²) >= 11 is 0. The van der Waals surface area contributed by atoms with Gasteiger partial charge in [-0.2, -0.15) is 5.26 Å². The number of carbonyl (C=O) groups excluding carboxylic acids is 1. The molecule has 29 heavy (non-hydrogen) atoms. The lowest BCUT2D eigenvalue weighted by atomic mass is 10.0. The summed E-state index contributed by atoms with van der Waals surface area (Å²) in [6, 6.07) is 21.3. The zero-order valence-electron chi connectivity index (χ0n) is 16.4. The average Bonchev–Trinajstić information content (AvgIpc) is 2.77. The summed E-state index contributed by atoms with van der Waals surface area (Å²) in [7, 11) is 3.17. The van der Waals surface area contributed by atoms with Crippen molar-refractivity contribution >= 4 is 22.8 Å². The van der Waals surface area contributed by atoms with Gasteiger partial charge in [-0.1, -0.05) is 48.5 Å². The lowest BCUT2D eigenvalue weighted by Gasteiger charge is -2.10. The van der Waals surface area contributed by atoms with Gasteiger partial charge in [0.25, 0.3) is 5.91 Å². The fourth-order valence-electron chi connectivity index (χ4n) is 3.13. The Labute approximate surface area is 170 Å². The van der Waals surface area contributed by atoms with Crippen molar-refractivity contribution in [1.29, 1.82) is 5.26 Å². The van der Waals surface area contributed by atoms with Gasteiger partial charge in [-0.05, 0) is 46.5 Å². The smallest absolute Gasteiger partial charge is 0.261 e. The third-order valence-corrected chi connectivity index (χ3v) is 4.64. The van der Waals surface area contributed by atoms with E-state index in [4.69, 9.17) is 9.47 Å². The Morgan fingerprint density at radius 3 is 2.55 bits per heavy atom. The number of amides is 1. The van der Waals surface area contributed by atoms with Crippen molar-refractivity contribution in [3.63, 3.8) is 0 Å². The van der Waals surface area contributed by atoms with Crippen molar-refractivity contribution in [2.24, 2.45) is 0 Å². The highest BCUT2D eigenvalue weighted by Gasteiger charge is 2.10. The van der Waals surface area contributed by atoms with Gasteiger partial charge in [0.2, 0.25) is 0 Å². The fraction of sp³-hybridized carbons (Fsp3) is 0.167. The van der Waals surface area contributed by atoms with E-state index in [0.29, 0.717) is 24.5 Å². The van der Waals surface area contributed by atoms with Crippen LogP contribution in [0.2, 0.25) is 0 Å². The molecule has 0 aliphatic heterocycles. The minimum absolute atomic E-state index is 0.0775. The number of carbonyl (C=O) groups is 1. The van der Waals surface area contributed by atoms with Crippen molar-refractivity contribution in [2.75, 3.05) is 20.8 Å². The standard InChI is InChI=1S/C24H22N2O3/c1-28-22-11-10-17(14-23(22)29-2)12-13-26-24(27)20(16-25)15-19-8-5-7-18-6-3-4-9-21(18)19/h3-11,14-15H,12-13H2,1-2H3,(H,26,27)/b20-15-. The molecule has 0 aliphatic rings. The lowest BCUT2D eigenvalue weighted by molar-refractivity contribution is -0.117. The summed E-state index contributed by atoms with van der Waals surface area (Å²) < 4.78 is 10.5. The first-order chi connectivity index (χ1) is 14.2. The Morgan fingerprint density at radius 1 is 1.03 bits per heavy atom. The number of nitriles is 1. The zero-order chi connectivity index (χ0) is 20.6. The molecule has 5 nitrogen and oxygen atoms in total. The monoisotopic (exact) mass is 386 g/mol. The van der Waals surface area contributed by atoms with Crippen molar-refractivity contribution in [3.8, 4) is 17.6 Å². The summed E-state index contributed by atoms with van der Waals surface area (Å²) in [6.45, 7) is 0.406. The molecule has 5 heteroatoms. The molecule has 3 aromatic rings. The van der Waals surface area contributed by atoms with Crippen LogP contribution in [-0.4, -0.2) is 26.7 Å². The highest BCUT2D eigenvalue weighted by atomic mass is 16.5. The van der Waals surface area contributed by atoms with Crippen molar-refractivity contribution in [1.82, 2.24) is 5.32 Å². The number of rotatable bonds is 7. The second-order valence-corrected chi connectivity index (χ2v) is 6.43. The summed E-state index contributed by atoms with van der Waals surface area (Å²) in [5.41, 5.74) is 1.92. The van der Waals surface area contributed by atoms with E-state index in [9.17, 15) is 10.1 Å². The first-order valence-electron chi connectivity index (χ1n) is 9.25. The molecule has 0 atom stereocenters. The van der Waals surface area contributed by atoms with E-state index in [1.165, 1.54) is 0 Å². The van der Waals surface area contributed by atoms with Crippen LogP contribution in [0, 0.1) is 11.3 Å². The predicted molar refractivity (Wildman–Crippen MR) is 114 cm³/mol. The lowest BCUT2D eigenvalue weighted by Crippen LogP contribution is -2.26. The number of benzene rings is 3. The fourth-order valence-corrected chi connectivity index (χ4v) is 3.13. The Kier molecular flexibility index (Phi) is 6.49. The molecular formula is C24H22N2O3. The van der Waals surface area contributed by atoms with Crippen molar-refractivity contribution < 1.29 is 14.3 Å². The van der Waals surface area contributed by atoms with Crippen LogP contribution in [0.15, 0.2) is 66.2 Å². The van der Waals surface area contributed by atoms with Gasteiger partial charge < -0.3 is 14.8 Å². The first kappa shape index (κ1) is 20.0. The van der Waals surface area contributed by atoms with Gasteiger partial charge in [-0.15, -0.1) is 0 Å². The molecule has 0 radical (unpaired) electrons. The summed E-state index contributed by atoms with van der Waals surface area (Å²) in [4.78, 5) is 12.5. The Bertz CT molecular complexity index is 1090. The maximum absolute atomic E-state index is 12.5. The minimum Gasteiger partial charge on any atom is -0.493 e. The molecule has 3 aromatic carbocycles. The van der Waals surface area contributed by atoms with Gasteiger partial charge in [-0.3, -0.25) is 4.79 Å². The van der Waals surface area contributed by atoms with E-state index < -0.39 is 0 Å². The highest BCUT2D eigenvalue weighted by molar-refractivity contribution is 6.04. The largest absolute Gasteiger partial charge is 0.493 e. The number of nitrogens with one attached hydrogen (secondary N) is 1. The van der Waals surface area contributed by atoms with E-state index in [1.54, 1.807) is 20.3 Å². The maximum atomic E-state index is 12.5. The third kappa shape index (κ3) is 4.74. The van der Waals surface area contributed by atoms with Gasteiger partial charge in [0.1, 0.15) is 11.6 Å². The molecule has 0 unspecified atom stereocenters. The molecule has 1 amide bonds.